The summed E-state index contributed by atoms with van der Waals surface area (Å²) in [6.07, 6.45) is 19.7. The third kappa shape index (κ3) is 4.73. The van der Waals surface area contributed by atoms with Crippen molar-refractivity contribution in [2.75, 3.05) is 0 Å². The predicted octanol–water partition coefficient (Wildman–Crippen LogP) is 9.56. The number of nitrogens with one attached hydrogen (secondary N) is 1. The molecule has 4 fully saturated rings. The molecule has 0 spiro atoms. The minimum absolute atomic E-state index is 0.0202. The molecule has 6 aliphatic rings. The van der Waals surface area contributed by atoms with Gasteiger partial charge in [0.25, 0.3) is 0 Å². The highest BCUT2D eigenvalue weighted by atomic mass is 16.5. The highest BCUT2D eigenvalue weighted by molar-refractivity contribution is 5.73. The molecule has 3 heteroatoms. The van der Waals surface area contributed by atoms with E-state index in [2.05, 4.69) is 66.8 Å². The van der Waals surface area contributed by atoms with Gasteiger partial charge in [0.15, 0.2) is 0 Å². The minimum atomic E-state index is 0.0202. The van der Waals surface area contributed by atoms with Crippen molar-refractivity contribution in [3.63, 3.8) is 0 Å². The van der Waals surface area contributed by atoms with Crippen LogP contribution in [-0.4, -0.2) is 24.2 Å². The van der Waals surface area contributed by atoms with Crippen LogP contribution < -0.4 is 5.32 Å². The normalized spacial score (nSPS) is 45.4. The molecule has 9 atom stereocenters. The van der Waals surface area contributed by atoms with Crippen LogP contribution in [0.2, 0.25) is 0 Å². The average molecular weight is 564 g/mol. The standard InChI is InChI=1S/C38H61NO2/c1-24(2)10-9-11-25(3)29-16-20-38(8)31-14-15-32-35(4,5)33(18-19-36(32,6)30(31)17-21-37(29,38)7)41-34(40)26-22-27-12-13-28(23-26)39-27/h10,25-29,32-33,39H,9,11-23H2,1-8H3/t25-,26?,27?,28?,29-,32?,33+,36-,37-,38+/m1/s1. The zero-order valence-electron chi connectivity index (χ0n) is 27.8. The summed E-state index contributed by atoms with van der Waals surface area (Å²) < 4.78 is 6.51. The van der Waals surface area contributed by atoms with Gasteiger partial charge in [-0.05, 0) is 138 Å². The van der Waals surface area contributed by atoms with E-state index in [-0.39, 0.29) is 28.8 Å². The van der Waals surface area contributed by atoms with Gasteiger partial charge < -0.3 is 10.1 Å². The van der Waals surface area contributed by atoms with Gasteiger partial charge in [-0.3, -0.25) is 4.79 Å². The van der Waals surface area contributed by atoms with Gasteiger partial charge in [-0.1, -0.05) is 64.3 Å². The molecule has 3 unspecified atom stereocenters. The lowest BCUT2D eigenvalue weighted by Crippen LogP contribution is -2.56. The lowest BCUT2D eigenvalue weighted by atomic mass is 9.43. The maximum atomic E-state index is 13.5. The Hall–Kier alpha value is -1.09. The minimum Gasteiger partial charge on any atom is -0.462 e. The Morgan fingerprint density at radius 1 is 0.927 bits per heavy atom. The first-order valence-electron chi connectivity index (χ1n) is 17.6. The van der Waals surface area contributed by atoms with E-state index in [9.17, 15) is 4.79 Å². The SMILES string of the molecule is CC(C)=CCC[C@@H](C)[C@H]1CC[C@@]2(C)C3=C(CC[C@]12C)[C@@]1(C)CC[C@H](OC(=O)C2CC4CCC(C2)N4)C(C)(C)C1CC3. The second-order valence-corrected chi connectivity index (χ2v) is 17.3. The molecule has 2 aliphatic heterocycles. The van der Waals surface area contributed by atoms with Crippen LogP contribution in [0.1, 0.15) is 145 Å². The number of esters is 1. The van der Waals surface area contributed by atoms with Crippen molar-refractivity contribution >= 4 is 5.97 Å². The van der Waals surface area contributed by atoms with Crippen LogP contribution >= 0.6 is 0 Å². The van der Waals surface area contributed by atoms with E-state index in [4.69, 9.17) is 4.74 Å². The Morgan fingerprint density at radius 3 is 2.32 bits per heavy atom. The van der Waals surface area contributed by atoms with Crippen LogP contribution in [0, 0.1) is 45.3 Å². The van der Waals surface area contributed by atoms with Gasteiger partial charge in [-0.2, -0.15) is 0 Å². The van der Waals surface area contributed by atoms with Gasteiger partial charge in [-0.25, -0.2) is 0 Å². The number of ether oxygens (including phenoxy) is 1. The Balaban J connectivity index is 1.20. The first kappa shape index (κ1) is 30.0. The van der Waals surface area contributed by atoms with E-state index in [1.807, 2.05) is 11.1 Å². The summed E-state index contributed by atoms with van der Waals surface area (Å²) in [5.41, 5.74) is 6.24. The summed E-state index contributed by atoms with van der Waals surface area (Å²) in [6, 6.07) is 1.07. The number of fused-ring (bicyclic) bond motifs is 6. The monoisotopic (exact) mass is 563 g/mol. The Labute approximate surface area is 252 Å². The molecular weight excluding hydrogens is 502 g/mol. The van der Waals surface area contributed by atoms with Crippen LogP contribution in [-0.2, 0) is 9.53 Å². The number of carbonyl (C=O) groups is 1. The van der Waals surface area contributed by atoms with Crippen LogP contribution in [0.4, 0.5) is 0 Å². The van der Waals surface area contributed by atoms with Gasteiger partial charge in [0, 0.05) is 17.5 Å². The largest absolute Gasteiger partial charge is 0.462 e. The number of hydrogen-bond donors (Lipinski definition) is 1. The van der Waals surface area contributed by atoms with E-state index in [1.165, 1.54) is 76.2 Å². The summed E-state index contributed by atoms with van der Waals surface area (Å²) in [5.74, 6) is 2.45. The molecule has 2 bridgehead atoms. The number of carbonyl (C=O) groups excluding carboxylic acids is 1. The van der Waals surface area contributed by atoms with Gasteiger partial charge in [0.2, 0.25) is 0 Å². The summed E-state index contributed by atoms with van der Waals surface area (Å²) in [5, 5.41) is 3.69. The molecule has 3 nitrogen and oxygen atoms in total. The number of piperidine rings is 1. The zero-order chi connectivity index (χ0) is 29.4. The Kier molecular flexibility index (Phi) is 7.69. The molecule has 2 saturated heterocycles. The first-order chi connectivity index (χ1) is 19.3. The molecule has 0 amide bonds. The third-order valence-corrected chi connectivity index (χ3v) is 14.7. The van der Waals surface area contributed by atoms with E-state index in [0.29, 0.717) is 28.8 Å². The van der Waals surface area contributed by atoms with E-state index in [1.54, 1.807) is 0 Å². The highest BCUT2D eigenvalue weighted by Crippen LogP contribution is 2.72. The van der Waals surface area contributed by atoms with Crippen LogP contribution in [0.3, 0.4) is 0 Å². The first-order valence-corrected chi connectivity index (χ1v) is 17.6. The van der Waals surface area contributed by atoms with Crippen LogP contribution in [0.25, 0.3) is 0 Å². The summed E-state index contributed by atoms with van der Waals surface area (Å²) in [4.78, 5) is 13.5. The molecule has 0 aromatic carbocycles. The van der Waals surface area contributed by atoms with Crippen LogP contribution in [0.15, 0.2) is 22.8 Å². The van der Waals surface area contributed by atoms with Gasteiger partial charge in [0.05, 0.1) is 5.92 Å². The fourth-order valence-corrected chi connectivity index (χ4v) is 12.1. The van der Waals surface area contributed by atoms with Crippen molar-refractivity contribution in [1.82, 2.24) is 5.32 Å². The smallest absolute Gasteiger partial charge is 0.309 e. The molecule has 0 radical (unpaired) electrons. The van der Waals surface area contributed by atoms with Crippen molar-refractivity contribution in [1.29, 1.82) is 0 Å². The molecular formula is C38H61NO2. The predicted molar refractivity (Wildman–Crippen MR) is 169 cm³/mol. The molecule has 0 aromatic heterocycles. The van der Waals surface area contributed by atoms with E-state index >= 15 is 0 Å². The van der Waals surface area contributed by atoms with Gasteiger partial charge in [-0.15, -0.1) is 0 Å². The number of rotatable bonds is 6. The van der Waals surface area contributed by atoms with Crippen molar-refractivity contribution in [3.05, 3.63) is 22.8 Å². The molecule has 2 heterocycles. The molecule has 41 heavy (non-hydrogen) atoms. The molecule has 230 valence electrons. The van der Waals surface area contributed by atoms with Crippen LogP contribution in [0.5, 0.6) is 0 Å². The summed E-state index contributed by atoms with van der Waals surface area (Å²) >= 11 is 0. The lowest BCUT2D eigenvalue weighted by molar-refractivity contribution is -0.175. The Morgan fingerprint density at radius 2 is 1.63 bits per heavy atom. The molecule has 6 rings (SSSR count). The Bertz CT molecular complexity index is 1090. The fraction of sp³-hybridized carbons (Fsp3) is 0.868. The maximum Gasteiger partial charge on any atom is 0.309 e. The fourth-order valence-electron chi connectivity index (χ4n) is 12.1. The average Bonchev–Trinajstić information content (AvgIpc) is 3.39. The van der Waals surface area contributed by atoms with Crippen molar-refractivity contribution < 1.29 is 9.53 Å². The second-order valence-electron chi connectivity index (χ2n) is 17.3. The molecule has 4 aliphatic carbocycles. The zero-order valence-corrected chi connectivity index (χ0v) is 27.8. The second kappa shape index (κ2) is 10.5. The highest BCUT2D eigenvalue weighted by Gasteiger charge is 2.63. The molecule has 0 aromatic rings. The van der Waals surface area contributed by atoms with Gasteiger partial charge in [0.1, 0.15) is 6.10 Å². The van der Waals surface area contributed by atoms with E-state index in [0.717, 1.165) is 31.1 Å². The van der Waals surface area contributed by atoms with Crippen molar-refractivity contribution in [2.24, 2.45) is 45.3 Å². The topological polar surface area (TPSA) is 38.3 Å². The summed E-state index contributed by atoms with van der Waals surface area (Å²) in [7, 11) is 0. The lowest BCUT2D eigenvalue weighted by Gasteiger charge is -2.62. The van der Waals surface area contributed by atoms with Crippen molar-refractivity contribution in [2.45, 2.75) is 163 Å². The molecule has 1 N–H and O–H groups in total. The van der Waals surface area contributed by atoms with Crippen molar-refractivity contribution in [3.8, 4) is 0 Å². The summed E-state index contributed by atoms with van der Waals surface area (Å²) in [6.45, 7) is 19.9. The van der Waals surface area contributed by atoms with Gasteiger partial charge >= 0.3 is 5.97 Å². The number of hydrogen-bond acceptors (Lipinski definition) is 3. The maximum absolute atomic E-state index is 13.5. The number of allylic oxidation sites excluding steroid dienone is 4. The van der Waals surface area contributed by atoms with E-state index < -0.39 is 0 Å². The third-order valence-electron chi connectivity index (χ3n) is 14.7. The quantitative estimate of drug-likeness (QED) is 0.258. The molecule has 2 saturated carbocycles.